The molecule has 21 heavy (non-hydrogen) atoms. The summed E-state index contributed by atoms with van der Waals surface area (Å²) in [4.78, 5) is 15.6. The zero-order chi connectivity index (χ0) is 15.0. The average molecular weight is 304 g/mol. The van der Waals surface area contributed by atoms with E-state index >= 15 is 0 Å². The predicted octanol–water partition coefficient (Wildman–Crippen LogP) is 3.89. The van der Waals surface area contributed by atoms with Crippen molar-refractivity contribution < 1.29 is 9.90 Å². The summed E-state index contributed by atoms with van der Waals surface area (Å²) in [7, 11) is 0. The van der Waals surface area contributed by atoms with Gasteiger partial charge >= 0.3 is 5.97 Å². The maximum Gasteiger partial charge on any atom is 0.335 e. The Balaban J connectivity index is 1.95. The van der Waals surface area contributed by atoms with Gasteiger partial charge in [0.05, 0.1) is 16.6 Å². The highest BCUT2D eigenvalue weighted by Crippen LogP contribution is 2.36. The third-order valence-corrected chi connectivity index (χ3v) is 5.59. The first-order chi connectivity index (χ1) is 10.1. The molecule has 0 bridgehead atoms. The molecule has 0 unspecified atom stereocenters. The molecule has 1 aliphatic rings. The first-order valence-corrected chi connectivity index (χ1v) is 8.63. The van der Waals surface area contributed by atoms with Crippen LogP contribution in [0.3, 0.4) is 0 Å². The highest BCUT2D eigenvalue weighted by molar-refractivity contribution is 7.99. The lowest BCUT2D eigenvalue weighted by Gasteiger charge is -2.29. The molecule has 1 aliphatic carbocycles. The number of fused-ring (bicyclic) bond motifs is 1. The van der Waals surface area contributed by atoms with E-state index in [1.165, 1.54) is 25.7 Å². The molecular weight excluding hydrogens is 284 g/mol. The van der Waals surface area contributed by atoms with Crippen LogP contribution in [-0.2, 0) is 0 Å². The summed E-state index contributed by atoms with van der Waals surface area (Å²) in [6, 6.07) is 5.75. The molecule has 0 saturated heterocycles. The van der Waals surface area contributed by atoms with Crippen LogP contribution in [0, 0.1) is 6.92 Å². The second kappa shape index (κ2) is 5.72. The maximum atomic E-state index is 11.1. The molecule has 3 rings (SSSR count). The standard InChI is InChI=1S/C16H20N2O2S/c1-10-17-14-9-11(16(19)20)3-8-15(14)18(10)12-4-6-13(21-2)7-5-12/h3,8-9,12-13H,4-7H2,1-2H3,(H,19,20). The molecule has 2 aromatic rings. The van der Waals surface area contributed by atoms with Gasteiger partial charge in [0, 0.05) is 11.3 Å². The summed E-state index contributed by atoms with van der Waals surface area (Å²) in [5.74, 6) is 0.0877. The van der Waals surface area contributed by atoms with E-state index in [4.69, 9.17) is 5.11 Å². The fourth-order valence-corrected chi connectivity index (χ4v) is 4.10. The zero-order valence-electron chi connectivity index (χ0n) is 12.4. The van der Waals surface area contributed by atoms with E-state index in [1.807, 2.05) is 24.8 Å². The first-order valence-electron chi connectivity index (χ1n) is 7.35. The highest BCUT2D eigenvalue weighted by atomic mass is 32.2. The molecule has 0 aliphatic heterocycles. The van der Waals surface area contributed by atoms with Crippen LogP contribution in [-0.4, -0.2) is 32.1 Å². The number of carbonyl (C=O) groups is 1. The SMILES string of the molecule is CSC1CCC(n2c(C)nc3cc(C(=O)O)ccc32)CC1. The number of aryl methyl sites for hydroxylation is 1. The van der Waals surface area contributed by atoms with Crippen LogP contribution in [0.2, 0.25) is 0 Å². The largest absolute Gasteiger partial charge is 0.478 e. The van der Waals surface area contributed by atoms with Crippen LogP contribution in [0.4, 0.5) is 0 Å². The Morgan fingerprint density at radius 3 is 2.67 bits per heavy atom. The second-order valence-corrected chi connectivity index (χ2v) is 6.84. The molecule has 1 N–H and O–H groups in total. The van der Waals surface area contributed by atoms with E-state index in [9.17, 15) is 4.79 Å². The summed E-state index contributed by atoms with van der Waals surface area (Å²) < 4.78 is 2.30. The van der Waals surface area contributed by atoms with Gasteiger partial charge in [-0.3, -0.25) is 0 Å². The van der Waals surface area contributed by atoms with Gasteiger partial charge in [-0.05, 0) is 57.1 Å². The van der Waals surface area contributed by atoms with E-state index in [2.05, 4.69) is 15.8 Å². The number of imidazole rings is 1. The third-order valence-electron chi connectivity index (χ3n) is 4.46. The van der Waals surface area contributed by atoms with Gasteiger partial charge in [-0.25, -0.2) is 9.78 Å². The summed E-state index contributed by atoms with van der Waals surface area (Å²) >= 11 is 1.97. The molecule has 4 nitrogen and oxygen atoms in total. The van der Waals surface area contributed by atoms with Gasteiger partial charge in [-0.1, -0.05) is 0 Å². The number of aromatic carboxylic acids is 1. The minimum absolute atomic E-state index is 0.304. The Morgan fingerprint density at radius 2 is 2.05 bits per heavy atom. The molecule has 0 amide bonds. The molecule has 112 valence electrons. The lowest BCUT2D eigenvalue weighted by Crippen LogP contribution is -2.20. The first kappa shape index (κ1) is 14.4. The van der Waals surface area contributed by atoms with Crippen LogP contribution in [0.1, 0.15) is 47.9 Å². The molecule has 0 atom stereocenters. The summed E-state index contributed by atoms with van der Waals surface area (Å²) in [6.45, 7) is 2.01. The van der Waals surface area contributed by atoms with Crippen molar-refractivity contribution >= 4 is 28.8 Å². The van der Waals surface area contributed by atoms with E-state index in [0.29, 0.717) is 11.6 Å². The van der Waals surface area contributed by atoms with E-state index < -0.39 is 5.97 Å². The molecule has 1 aromatic heterocycles. The number of nitrogens with zero attached hydrogens (tertiary/aromatic N) is 2. The quantitative estimate of drug-likeness (QED) is 0.934. The van der Waals surface area contributed by atoms with Crippen LogP contribution < -0.4 is 0 Å². The number of hydrogen-bond donors (Lipinski definition) is 1. The Hall–Kier alpha value is -1.49. The monoisotopic (exact) mass is 304 g/mol. The summed E-state index contributed by atoms with van der Waals surface area (Å²) in [5, 5.41) is 9.88. The van der Waals surface area contributed by atoms with E-state index in [0.717, 1.165) is 22.1 Å². The van der Waals surface area contributed by atoms with Crippen molar-refractivity contribution in [1.82, 2.24) is 9.55 Å². The minimum Gasteiger partial charge on any atom is -0.478 e. The number of rotatable bonds is 3. The number of benzene rings is 1. The Morgan fingerprint density at radius 1 is 1.33 bits per heavy atom. The molecule has 1 heterocycles. The molecule has 0 radical (unpaired) electrons. The smallest absolute Gasteiger partial charge is 0.335 e. The fraction of sp³-hybridized carbons (Fsp3) is 0.500. The molecule has 1 fully saturated rings. The van der Waals surface area contributed by atoms with E-state index in [1.54, 1.807) is 12.1 Å². The fourth-order valence-electron chi connectivity index (χ4n) is 3.35. The predicted molar refractivity (Wildman–Crippen MR) is 86.2 cm³/mol. The molecule has 1 saturated carbocycles. The van der Waals surface area contributed by atoms with Crippen LogP contribution in [0.15, 0.2) is 18.2 Å². The van der Waals surface area contributed by atoms with Gasteiger partial charge in [0.1, 0.15) is 5.82 Å². The van der Waals surface area contributed by atoms with Gasteiger partial charge in [0.15, 0.2) is 0 Å². The van der Waals surface area contributed by atoms with Crippen molar-refractivity contribution in [3.63, 3.8) is 0 Å². The minimum atomic E-state index is -0.899. The normalized spacial score (nSPS) is 22.6. The van der Waals surface area contributed by atoms with Crippen LogP contribution in [0.5, 0.6) is 0 Å². The van der Waals surface area contributed by atoms with Crippen molar-refractivity contribution in [1.29, 1.82) is 0 Å². The third kappa shape index (κ3) is 2.67. The Bertz CT molecular complexity index is 672. The average Bonchev–Trinajstić information content (AvgIpc) is 2.82. The van der Waals surface area contributed by atoms with E-state index in [-0.39, 0.29) is 0 Å². The van der Waals surface area contributed by atoms with Gasteiger partial charge in [-0.2, -0.15) is 11.8 Å². The van der Waals surface area contributed by atoms with Crippen LogP contribution in [0.25, 0.3) is 11.0 Å². The number of thioether (sulfide) groups is 1. The summed E-state index contributed by atoms with van der Waals surface area (Å²) in [5.41, 5.74) is 2.16. The van der Waals surface area contributed by atoms with Crippen molar-refractivity contribution in [2.45, 2.75) is 43.9 Å². The number of aromatic nitrogens is 2. The van der Waals surface area contributed by atoms with Crippen LogP contribution >= 0.6 is 11.8 Å². The van der Waals surface area contributed by atoms with Crippen molar-refractivity contribution in [3.05, 3.63) is 29.6 Å². The topological polar surface area (TPSA) is 55.1 Å². The molecule has 1 aromatic carbocycles. The van der Waals surface area contributed by atoms with Crippen molar-refractivity contribution in [2.24, 2.45) is 0 Å². The number of carboxylic acids is 1. The van der Waals surface area contributed by atoms with Crippen molar-refractivity contribution in [2.75, 3.05) is 6.26 Å². The Kier molecular flexibility index (Phi) is 3.93. The molecule has 5 heteroatoms. The number of hydrogen-bond acceptors (Lipinski definition) is 3. The molecule has 0 spiro atoms. The number of carboxylic acid groups (broad SMARTS) is 1. The van der Waals surface area contributed by atoms with Gasteiger partial charge < -0.3 is 9.67 Å². The summed E-state index contributed by atoms with van der Waals surface area (Å²) in [6.07, 6.45) is 7.05. The maximum absolute atomic E-state index is 11.1. The lowest BCUT2D eigenvalue weighted by atomic mass is 9.94. The van der Waals surface area contributed by atoms with Crippen molar-refractivity contribution in [3.8, 4) is 0 Å². The van der Waals surface area contributed by atoms with Gasteiger partial charge in [-0.15, -0.1) is 0 Å². The van der Waals surface area contributed by atoms with Gasteiger partial charge in [0.25, 0.3) is 0 Å². The highest BCUT2D eigenvalue weighted by Gasteiger charge is 2.24. The lowest BCUT2D eigenvalue weighted by molar-refractivity contribution is 0.0697. The van der Waals surface area contributed by atoms with Gasteiger partial charge in [0.2, 0.25) is 0 Å². The second-order valence-electron chi connectivity index (χ2n) is 5.70. The Labute approximate surface area is 128 Å². The zero-order valence-corrected chi connectivity index (χ0v) is 13.2. The molecular formula is C16H20N2O2S.